The number of benzene rings is 5. The fourth-order valence-corrected chi connectivity index (χ4v) is 10.1. The van der Waals surface area contributed by atoms with Crippen LogP contribution in [0, 0.1) is 11.6 Å². The van der Waals surface area contributed by atoms with Gasteiger partial charge in [-0.15, -0.1) is 0 Å². The molecule has 5 aromatic carbocycles. The Morgan fingerprint density at radius 3 is 2.33 bits per heavy atom. The molecular weight excluding hydrogens is 903 g/mol. The third-order valence-electron chi connectivity index (χ3n) is 11.9. The van der Waals surface area contributed by atoms with E-state index in [1.807, 2.05) is 10.8 Å². The molecule has 2 aliphatic heterocycles. The number of nitrogens with zero attached hydrogens (tertiary/aromatic N) is 3. The van der Waals surface area contributed by atoms with Crippen molar-refractivity contribution in [2.45, 2.75) is 66.4 Å². The van der Waals surface area contributed by atoms with Gasteiger partial charge in [0.05, 0.1) is 33.6 Å². The van der Waals surface area contributed by atoms with Crippen LogP contribution in [0.15, 0.2) is 107 Å². The molecule has 1 fully saturated rings. The molecule has 10 rings (SSSR count). The van der Waals surface area contributed by atoms with Crippen molar-refractivity contribution in [1.29, 1.82) is 0 Å². The quantitative estimate of drug-likeness (QED) is 0.0433. The van der Waals surface area contributed by atoms with Gasteiger partial charge in [-0.25, -0.2) is 23.2 Å². The van der Waals surface area contributed by atoms with Crippen LogP contribution in [0.3, 0.4) is 0 Å². The molecule has 7 aromatic rings. The largest absolute Gasteiger partial charge is 1.00 e. The summed E-state index contributed by atoms with van der Waals surface area (Å²) in [5.41, 5.74) is 1.97. The Morgan fingerprint density at radius 2 is 1.62 bits per heavy atom. The van der Waals surface area contributed by atoms with Gasteiger partial charge in [-0.05, 0) is 86.3 Å². The monoisotopic (exact) mass is 941 g/mol. The van der Waals surface area contributed by atoms with Crippen molar-refractivity contribution in [2.75, 3.05) is 11.9 Å². The van der Waals surface area contributed by atoms with Gasteiger partial charge in [-0.1, -0.05) is 48.3 Å². The van der Waals surface area contributed by atoms with Crippen molar-refractivity contribution in [1.82, 2.24) is 19.7 Å². The average molecular weight is 942 g/mol. The maximum absolute atomic E-state index is 15.9. The number of rotatable bonds is 13. The zero-order chi connectivity index (χ0) is 45.1. The number of fused-ring (bicyclic) bond motifs is 7. The smallest absolute Gasteiger partial charge is 1.00 e. The number of hydrogen-bond acceptors (Lipinski definition) is 9. The molecule has 0 saturated heterocycles. The van der Waals surface area contributed by atoms with Crippen LogP contribution in [0.4, 0.5) is 19.3 Å². The summed E-state index contributed by atoms with van der Waals surface area (Å²) in [5, 5.41) is 40.6. The Hall–Kier alpha value is -6.04. The number of anilines is 1. The van der Waals surface area contributed by atoms with E-state index >= 15 is 8.78 Å². The van der Waals surface area contributed by atoms with Crippen molar-refractivity contribution in [3.8, 4) is 28.7 Å². The minimum Gasteiger partial charge on any atom is -1.00 e. The first-order valence-corrected chi connectivity index (χ1v) is 22.1. The van der Waals surface area contributed by atoms with Gasteiger partial charge in [0, 0.05) is 80.6 Å². The molecule has 0 bridgehead atoms. The molecule has 3 aliphatic rings. The predicted molar refractivity (Wildman–Crippen MR) is 238 cm³/mol. The number of phenols is 2. The summed E-state index contributed by atoms with van der Waals surface area (Å²) in [6.07, 6.45) is 8.38. The van der Waals surface area contributed by atoms with Gasteiger partial charge in [0.25, 0.3) is 0 Å². The number of unbranched alkanes of at least 4 members (excludes halogenated alkanes) is 3. The first kappa shape index (κ1) is 45.1. The Labute approximate surface area is 408 Å². The number of carboxylic acid groups (broad SMARTS) is 1. The molecule has 1 aliphatic carbocycles. The van der Waals surface area contributed by atoms with Crippen LogP contribution in [0.2, 0.25) is 5.02 Å². The molecule has 2 aromatic heterocycles. The SMILES string of the molecule is O=C(NCCCCCCn1cc(-n2c(C3CC3)c(Sc3cccc(C(=O)O)c3F)c3ccc(Cl)c(F)c32)cn1)Nc1ccc2c(c1)C(=O)OC21c2ccc(O)cc2Oc2cc(O)ccc21.[H-].[Na+]. The number of phenolic OH excluding ortho intramolecular Hbond substituents is 2. The number of aromatic carboxylic acids is 1. The maximum Gasteiger partial charge on any atom is 1.00 e. The predicted octanol–water partition coefficient (Wildman–Crippen LogP) is 7.96. The topological polar surface area (TPSA) is 177 Å². The van der Waals surface area contributed by atoms with Crippen molar-refractivity contribution in [3.05, 3.63) is 147 Å². The second kappa shape index (κ2) is 18.0. The molecule has 2 amide bonds. The summed E-state index contributed by atoms with van der Waals surface area (Å²) in [6, 6.07) is 20.9. The maximum atomic E-state index is 15.9. The van der Waals surface area contributed by atoms with E-state index in [9.17, 15) is 29.7 Å². The Bertz CT molecular complexity index is 3080. The Morgan fingerprint density at radius 1 is 0.909 bits per heavy atom. The van der Waals surface area contributed by atoms with E-state index in [4.69, 9.17) is 21.1 Å². The zero-order valence-corrected chi connectivity index (χ0v) is 38.8. The fourth-order valence-electron chi connectivity index (χ4n) is 8.77. The average Bonchev–Trinajstić information content (AvgIpc) is 3.82. The normalized spacial score (nSPS) is 14.2. The summed E-state index contributed by atoms with van der Waals surface area (Å²) >= 11 is 7.39. The number of hydrogen-bond donors (Lipinski definition) is 5. The second-order valence-electron chi connectivity index (χ2n) is 16.2. The number of aryl methyl sites for hydroxylation is 1. The van der Waals surface area contributed by atoms with E-state index in [1.165, 1.54) is 48.5 Å². The molecule has 18 heteroatoms. The third-order valence-corrected chi connectivity index (χ3v) is 13.3. The van der Waals surface area contributed by atoms with Crippen molar-refractivity contribution in [2.24, 2.45) is 0 Å². The molecule has 0 atom stereocenters. The van der Waals surface area contributed by atoms with Gasteiger partial charge in [-0.3, -0.25) is 4.68 Å². The molecule has 0 radical (unpaired) electrons. The van der Waals surface area contributed by atoms with Crippen LogP contribution < -0.4 is 44.9 Å². The number of urea groups is 1. The third kappa shape index (κ3) is 8.04. The van der Waals surface area contributed by atoms with E-state index in [-0.39, 0.29) is 80.9 Å². The molecule has 1 saturated carbocycles. The van der Waals surface area contributed by atoms with E-state index < -0.39 is 40.8 Å². The molecule has 5 N–H and O–H groups in total. The van der Waals surface area contributed by atoms with Gasteiger partial charge in [0.15, 0.2) is 17.2 Å². The first-order chi connectivity index (χ1) is 31.4. The number of amides is 2. The van der Waals surface area contributed by atoms with Crippen molar-refractivity contribution >= 4 is 57.9 Å². The Kier molecular flexibility index (Phi) is 12.3. The van der Waals surface area contributed by atoms with E-state index in [1.54, 1.807) is 47.3 Å². The number of esters is 1. The number of nitrogens with one attached hydrogen (secondary N) is 2. The summed E-state index contributed by atoms with van der Waals surface area (Å²) < 4.78 is 47.0. The van der Waals surface area contributed by atoms with Crippen LogP contribution in [-0.2, 0) is 16.9 Å². The van der Waals surface area contributed by atoms with E-state index in [2.05, 4.69) is 15.7 Å². The molecule has 0 unspecified atom stereocenters. The first-order valence-electron chi connectivity index (χ1n) is 20.9. The van der Waals surface area contributed by atoms with Crippen LogP contribution in [0.5, 0.6) is 23.0 Å². The number of halogens is 3. The zero-order valence-electron chi connectivity index (χ0n) is 36.2. The van der Waals surface area contributed by atoms with Gasteiger partial charge in [0.1, 0.15) is 23.0 Å². The number of ether oxygens (including phenoxy) is 2. The number of carboxylic acids is 1. The van der Waals surface area contributed by atoms with Gasteiger partial charge >= 0.3 is 47.5 Å². The summed E-state index contributed by atoms with van der Waals surface area (Å²) in [5.74, 6) is -2.93. The Balaban J connectivity index is 0.00000304. The number of aromatic nitrogens is 3. The molecule has 332 valence electrons. The van der Waals surface area contributed by atoms with Crippen LogP contribution in [0.25, 0.3) is 16.6 Å². The van der Waals surface area contributed by atoms with Gasteiger partial charge in [0.2, 0.25) is 0 Å². The van der Waals surface area contributed by atoms with Gasteiger partial charge in [-0.2, -0.15) is 5.10 Å². The minimum atomic E-state index is -1.41. The van der Waals surface area contributed by atoms with Crippen molar-refractivity contribution in [3.63, 3.8) is 0 Å². The number of carbonyl (C=O) groups excluding carboxylic acids is 2. The summed E-state index contributed by atoms with van der Waals surface area (Å²) in [4.78, 5) is 38.8. The summed E-state index contributed by atoms with van der Waals surface area (Å²) in [6.45, 7) is 0.992. The van der Waals surface area contributed by atoms with Gasteiger partial charge < -0.3 is 41.4 Å². The second-order valence-corrected chi connectivity index (χ2v) is 17.6. The number of aromatic hydroxyl groups is 2. The van der Waals surface area contributed by atoms with Crippen LogP contribution >= 0.6 is 23.4 Å². The van der Waals surface area contributed by atoms with Crippen LogP contribution in [-0.4, -0.2) is 54.2 Å². The summed E-state index contributed by atoms with van der Waals surface area (Å²) in [7, 11) is 0. The van der Waals surface area contributed by atoms with E-state index in [0.29, 0.717) is 57.9 Å². The number of carbonyl (C=O) groups is 3. The fraction of sp³-hybridized carbons (Fsp3) is 0.208. The van der Waals surface area contributed by atoms with Crippen LogP contribution in [0.1, 0.15) is 89.0 Å². The molecule has 66 heavy (non-hydrogen) atoms. The molecular formula is C48H39ClF2N5NaO8S. The molecule has 4 heterocycles. The molecule has 1 spiro atoms. The van der Waals surface area contributed by atoms with E-state index in [0.717, 1.165) is 49.6 Å². The standard InChI is InChI=1S/C48H38ClF2N5O8S.Na.H/c49-36-17-13-31-43(41(36)51)56(42(25-8-9-25)44(31)65-39-7-5-6-30(40(39)50)45(59)60)27-23-53-55(24-27)19-4-2-1-3-18-52-47(62)54-26-10-14-33-32(20-26)46(61)64-48(33)34-15-11-28(57)21-37(34)63-38-22-29(58)12-16-35(38)48;;/h5-7,10-17,20-25,57-58H,1-4,8-9,18-19H2,(H,59,60)(H2,52,54,62);;/q;+1;-1. The molecule has 13 nitrogen and oxygen atoms in total. The minimum absolute atomic E-state index is 0. The van der Waals surface area contributed by atoms with Crippen molar-refractivity contribution < 1.29 is 78.9 Å².